The molecule has 0 unspecified atom stereocenters. The summed E-state index contributed by atoms with van der Waals surface area (Å²) < 4.78 is 10.9. The zero-order valence-corrected chi connectivity index (χ0v) is 20.7. The molecule has 1 saturated carbocycles. The summed E-state index contributed by atoms with van der Waals surface area (Å²) in [7, 11) is 1.55. The summed E-state index contributed by atoms with van der Waals surface area (Å²) in [5.74, 6) is 0.190. The van der Waals surface area contributed by atoms with Crippen LogP contribution in [0.25, 0.3) is 0 Å². The Hall–Kier alpha value is -3.13. The number of methoxy groups -OCH3 is 1. The quantitative estimate of drug-likeness (QED) is 0.524. The second kappa shape index (κ2) is 12.4. The van der Waals surface area contributed by atoms with Crippen LogP contribution in [0.2, 0.25) is 0 Å². The minimum atomic E-state index is -0.556. The van der Waals surface area contributed by atoms with Gasteiger partial charge in [0, 0.05) is 18.2 Å². The molecule has 0 bridgehead atoms. The highest BCUT2D eigenvalue weighted by Crippen LogP contribution is 2.30. The number of benzene rings is 2. The largest absolute Gasteiger partial charge is 0.493 e. The van der Waals surface area contributed by atoms with Gasteiger partial charge in [-0.25, -0.2) is 0 Å². The van der Waals surface area contributed by atoms with E-state index in [0.29, 0.717) is 28.7 Å². The summed E-state index contributed by atoms with van der Waals surface area (Å²) in [5, 5.41) is 3.36. The Morgan fingerprint density at radius 2 is 1.74 bits per heavy atom. The third-order valence-electron chi connectivity index (χ3n) is 6.07. The molecule has 0 aliphatic heterocycles. The highest BCUT2D eigenvalue weighted by Gasteiger charge is 2.25. The fourth-order valence-corrected chi connectivity index (χ4v) is 4.47. The number of carbonyl (C=O) groups excluding carboxylic acids is 2. The number of ether oxygens (including phenoxy) is 2. The Bertz CT molecular complexity index is 1000. The lowest BCUT2D eigenvalue weighted by Crippen LogP contribution is -2.48. The predicted molar refractivity (Wildman–Crippen MR) is 136 cm³/mol. The van der Waals surface area contributed by atoms with Crippen LogP contribution in [-0.4, -0.2) is 41.6 Å². The van der Waals surface area contributed by atoms with Gasteiger partial charge in [-0.2, -0.15) is 0 Å². The van der Waals surface area contributed by atoms with Crippen LogP contribution in [0.4, 0.5) is 0 Å². The number of hydrogen-bond donors (Lipinski definition) is 2. The molecule has 0 atom stereocenters. The van der Waals surface area contributed by atoms with E-state index in [1.165, 1.54) is 12.0 Å². The third kappa shape index (κ3) is 6.93. The van der Waals surface area contributed by atoms with Crippen molar-refractivity contribution in [3.8, 4) is 11.5 Å². The van der Waals surface area contributed by atoms with E-state index in [0.717, 1.165) is 37.7 Å². The number of nitrogens with one attached hydrogen (secondary N) is 1. The Morgan fingerprint density at radius 3 is 2.35 bits per heavy atom. The predicted octanol–water partition coefficient (Wildman–Crippen LogP) is 3.97. The van der Waals surface area contributed by atoms with E-state index >= 15 is 0 Å². The Morgan fingerprint density at radius 1 is 1.06 bits per heavy atom. The Kier molecular flexibility index (Phi) is 9.27. The number of amides is 2. The maximum Gasteiger partial charge on any atom is 0.257 e. The van der Waals surface area contributed by atoms with Crippen LogP contribution in [0, 0.1) is 0 Å². The van der Waals surface area contributed by atoms with Crippen LogP contribution in [0.15, 0.2) is 42.5 Å². The molecule has 1 fully saturated rings. The maximum absolute atomic E-state index is 12.9. The zero-order valence-electron chi connectivity index (χ0n) is 19.8. The van der Waals surface area contributed by atoms with Crippen molar-refractivity contribution in [1.29, 1.82) is 0 Å². The van der Waals surface area contributed by atoms with Gasteiger partial charge >= 0.3 is 0 Å². The van der Waals surface area contributed by atoms with Crippen molar-refractivity contribution in [2.75, 3.05) is 13.7 Å². The molecule has 8 heteroatoms. The molecule has 3 rings (SSSR count). The van der Waals surface area contributed by atoms with Crippen LogP contribution in [0.1, 0.15) is 60.5 Å². The van der Waals surface area contributed by atoms with Gasteiger partial charge in [-0.05, 0) is 66.9 Å². The number of carbonyl (C=O) groups is 2. The smallest absolute Gasteiger partial charge is 0.257 e. The molecule has 0 aromatic heterocycles. The number of aryl methyl sites for hydroxylation is 1. The summed E-state index contributed by atoms with van der Waals surface area (Å²) in [5.41, 5.74) is 7.90. The molecule has 0 radical (unpaired) electrons. The van der Waals surface area contributed by atoms with Gasteiger partial charge in [0.25, 0.3) is 11.8 Å². The van der Waals surface area contributed by atoms with Crippen LogP contribution in [-0.2, 0) is 17.8 Å². The van der Waals surface area contributed by atoms with Gasteiger partial charge in [-0.1, -0.05) is 44.4 Å². The molecule has 2 aromatic rings. The van der Waals surface area contributed by atoms with Crippen LogP contribution in [0.5, 0.6) is 11.5 Å². The molecule has 0 saturated heterocycles. The lowest BCUT2D eigenvalue weighted by Gasteiger charge is -2.36. The van der Waals surface area contributed by atoms with Gasteiger partial charge in [-0.15, -0.1) is 0 Å². The van der Waals surface area contributed by atoms with E-state index in [1.807, 2.05) is 36.4 Å². The van der Waals surface area contributed by atoms with E-state index in [4.69, 9.17) is 27.4 Å². The molecular formula is C26H33N3O4S. The van der Waals surface area contributed by atoms with E-state index < -0.39 is 5.91 Å². The maximum atomic E-state index is 12.9. The summed E-state index contributed by atoms with van der Waals surface area (Å²) >= 11 is 5.72. The number of hydrogen-bond acceptors (Lipinski definition) is 5. The van der Waals surface area contributed by atoms with Crippen molar-refractivity contribution in [3.05, 3.63) is 59.2 Å². The molecule has 1 aliphatic rings. The summed E-state index contributed by atoms with van der Waals surface area (Å²) in [6, 6.07) is 13.4. The van der Waals surface area contributed by atoms with Crippen LogP contribution >= 0.6 is 12.2 Å². The molecule has 182 valence electrons. The van der Waals surface area contributed by atoms with Crippen molar-refractivity contribution in [3.63, 3.8) is 0 Å². The SMILES string of the molecule is CCc1ccc(C(=O)NC(=S)N(Cc2ccc(OCC(N)=O)c(OC)c2)C2CCCCC2)cc1. The minimum absolute atomic E-state index is 0.207. The fraction of sp³-hybridized carbons (Fsp3) is 0.423. The van der Waals surface area contributed by atoms with Crippen molar-refractivity contribution in [2.24, 2.45) is 5.73 Å². The molecular weight excluding hydrogens is 450 g/mol. The first-order chi connectivity index (χ1) is 16.4. The monoisotopic (exact) mass is 483 g/mol. The summed E-state index contributed by atoms with van der Waals surface area (Å²) in [4.78, 5) is 26.0. The Balaban J connectivity index is 1.76. The molecule has 2 amide bonds. The topological polar surface area (TPSA) is 93.9 Å². The van der Waals surface area contributed by atoms with E-state index in [1.54, 1.807) is 13.2 Å². The average Bonchev–Trinajstić information content (AvgIpc) is 2.86. The minimum Gasteiger partial charge on any atom is -0.493 e. The van der Waals surface area contributed by atoms with Crippen molar-refractivity contribution < 1.29 is 19.1 Å². The first-order valence-corrected chi connectivity index (χ1v) is 12.1. The van der Waals surface area contributed by atoms with Crippen molar-refractivity contribution >= 4 is 29.1 Å². The van der Waals surface area contributed by atoms with Gasteiger partial charge in [0.2, 0.25) is 0 Å². The molecule has 3 N–H and O–H groups in total. The molecule has 2 aromatic carbocycles. The number of thiocarbonyl (C=S) groups is 1. The Labute approximate surface area is 206 Å². The van der Waals surface area contributed by atoms with Gasteiger partial charge in [0.15, 0.2) is 23.2 Å². The molecule has 1 aliphatic carbocycles. The van der Waals surface area contributed by atoms with Gasteiger partial charge in [0.05, 0.1) is 7.11 Å². The number of primary amides is 1. The highest BCUT2D eigenvalue weighted by atomic mass is 32.1. The van der Waals surface area contributed by atoms with Crippen LogP contribution < -0.4 is 20.5 Å². The van der Waals surface area contributed by atoms with Gasteiger partial charge < -0.3 is 20.1 Å². The fourth-order valence-electron chi connectivity index (χ4n) is 4.17. The summed E-state index contributed by atoms with van der Waals surface area (Å²) in [6.07, 6.45) is 6.47. The van der Waals surface area contributed by atoms with Crippen molar-refractivity contribution in [2.45, 2.75) is 58.0 Å². The number of nitrogens with two attached hydrogens (primary N) is 1. The van der Waals surface area contributed by atoms with E-state index in [9.17, 15) is 9.59 Å². The zero-order chi connectivity index (χ0) is 24.5. The van der Waals surface area contributed by atoms with Gasteiger partial charge in [0.1, 0.15) is 0 Å². The van der Waals surface area contributed by atoms with Crippen LogP contribution in [0.3, 0.4) is 0 Å². The summed E-state index contributed by atoms with van der Waals surface area (Å²) in [6.45, 7) is 2.38. The first kappa shape index (κ1) is 25.5. The molecule has 0 spiro atoms. The lowest BCUT2D eigenvalue weighted by atomic mass is 9.94. The molecule has 7 nitrogen and oxygen atoms in total. The lowest BCUT2D eigenvalue weighted by molar-refractivity contribution is -0.119. The van der Waals surface area contributed by atoms with E-state index in [-0.39, 0.29) is 18.6 Å². The van der Waals surface area contributed by atoms with Crippen molar-refractivity contribution in [1.82, 2.24) is 10.2 Å². The third-order valence-corrected chi connectivity index (χ3v) is 6.41. The molecule has 34 heavy (non-hydrogen) atoms. The number of rotatable bonds is 9. The average molecular weight is 484 g/mol. The number of nitrogens with zero attached hydrogens (tertiary/aromatic N) is 1. The van der Waals surface area contributed by atoms with Gasteiger partial charge in [-0.3, -0.25) is 14.9 Å². The molecule has 0 heterocycles. The normalized spacial score (nSPS) is 13.7. The highest BCUT2D eigenvalue weighted by molar-refractivity contribution is 7.80. The second-order valence-electron chi connectivity index (χ2n) is 8.47. The second-order valence-corrected chi connectivity index (χ2v) is 8.86. The first-order valence-electron chi connectivity index (χ1n) is 11.7. The van der Waals surface area contributed by atoms with E-state index in [2.05, 4.69) is 17.1 Å². The standard InChI is InChI=1S/C26H33N3O4S/c1-3-18-9-12-20(13-10-18)25(31)28-26(34)29(21-7-5-4-6-8-21)16-19-11-14-22(23(15-19)32-2)33-17-24(27)30/h9-15,21H,3-8,16-17H2,1-2H3,(H2,27,30)(H,28,31,34).